The van der Waals surface area contributed by atoms with E-state index in [-0.39, 0.29) is 16.9 Å². The number of thioether (sulfide) groups is 1. The zero-order valence-electron chi connectivity index (χ0n) is 17.0. The molecule has 2 aromatic rings. The van der Waals surface area contributed by atoms with Crippen LogP contribution in [-0.4, -0.2) is 22.7 Å². The van der Waals surface area contributed by atoms with E-state index in [0.717, 1.165) is 22.6 Å². The van der Waals surface area contributed by atoms with Crippen molar-refractivity contribution in [3.8, 4) is 0 Å². The summed E-state index contributed by atoms with van der Waals surface area (Å²) in [5.41, 5.74) is 12.9. The number of amides is 2. The summed E-state index contributed by atoms with van der Waals surface area (Å²) in [5, 5.41) is 3.43. The predicted octanol–water partition coefficient (Wildman–Crippen LogP) is 4.06. The summed E-state index contributed by atoms with van der Waals surface area (Å²) < 4.78 is 0. The molecular weight excluding hydrogens is 404 g/mol. The van der Waals surface area contributed by atoms with E-state index in [1.165, 1.54) is 11.3 Å². The van der Waals surface area contributed by atoms with Crippen LogP contribution in [0, 0.1) is 0 Å². The van der Waals surface area contributed by atoms with Gasteiger partial charge < -0.3 is 16.8 Å². The molecule has 0 bridgehead atoms. The lowest BCUT2D eigenvalue weighted by atomic mass is 9.89. The molecule has 1 aliphatic rings. The second-order valence-corrected chi connectivity index (χ2v) is 10.5. The summed E-state index contributed by atoms with van der Waals surface area (Å²) in [6, 6.07) is 9.18. The Hall–Kier alpha value is -2.32. The number of nitrogens with two attached hydrogens (primary N) is 2. The van der Waals surface area contributed by atoms with Gasteiger partial charge >= 0.3 is 0 Å². The number of primary amides is 1. The van der Waals surface area contributed by atoms with Crippen molar-refractivity contribution < 1.29 is 9.59 Å². The number of rotatable bonds is 4. The molecule has 0 spiro atoms. The fourth-order valence-corrected chi connectivity index (χ4v) is 5.10. The van der Waals surface area contributed by atoms with Gasteiger partial charge in [-0.2, -0.15) is 0 Å². The number of hydrogen-bond donors (Lipinski definition) is 3. The summed E-state index contributed by atoms with van der Waals surface area (Å²) in [5.74, 6) is 0.0810. The molecule has 6 nitrogen and oxygen atoms in total. The maximum Gasteiger partial charge on any atom is 0.260 e. The Bertz CT molecular complexity index is 974. The van der Waals surface area contributed by atoms with Crippen LogP contribution in [0.4, 0.5) is 5.69 Å². The van der Waals surface area contributed by atoms with Crippen molar-refractivity contribution in [2.45, 2.75) is 45.1 Å². The number of nitrogens with zero attached hydrogens (tertiary/aromatic N) is 1. The number of aliphatic imine (C=N–C) groups is 1. The zero-order valence-corrected chi connectivity index (χ0v) is 18.7. The summed E-state index contributed by atoms with van der Waals surface area (Å²) in [6.07, 6.45) is 0.885. The van der Waals surface area contributed by atoms with Crippen LogP contribution < -0.4 is 16.8 Å². The third-order valence-corrected chi connectivity index (χ3v) is 7.28. The minimum Gasteiger partial charge on any atom is -0.379 e. The summed E-state index contributed by atoms with van der Waals surface area (Å²) in [4.78, 5) is 30.5. The lowest BCUT2D eigenvalue weighted by Crippen LogP contribution is -2.28. The van der Waals surface area contributed by atoms with E-state index in [0.29, 0.717) is 21.3 Å². The van der Waals surface area contributed by atoms with Gasteiger partial charge in [0.15, 0.2) is 5.17 Å². The first-order valence-corrected chi connectivity index (χ1v) is 11.1. The van der Waals surface area contributed by atoms with Crippen LogP contribution in [-0.2, 0) is 11.0 Å². The molecule has 3 rings (SSSR count). The highest BCUT2D eigenvalue weighted by Crippen LogP contribution is 2.36. The SMILES string of the molecule is CC(C)(C)c1cc(NC(=O)c2ccc(C3(C)CCSC(N)=N3)cc2)c(C(N)=O)s1. The number of hydrogen-bond acceptors (Lipinski definition) is 6. The molecule has 0 saturated carbocycles. The number of thiophene rings is 1. The standard InChI is InChI=1S/C21H26N4O2S2/c1-20(2,3)15-11-14(16(29-15)17(22)26)24-18(27)12-5-7-13(8-6-12)21(4)9-10-28-19(23)25-21/h5-8,11H,9-10H2,1-4H3,(H2,22,26)(H2,23,25)(H,24,27). The van der Waals surface area contributed by atoms with Crippen molar-refractivity contribution in [2.24, 2.45) is 16.5 Å². The third-order valence-electron chi connectivity index (χ3n) is 4.91. The van der Waals surface area contributed by atoms with E-state index >= 15 is 0 Å². The maximum absolute atomic E-state index is 12.8. The topological polar surface area (TPSA) is 111 Å². The largest absolute Gasteiger partial charge is 0.379 e. The summed E-state index contributed by atoms with van der Waals surface area (Å²) >= 11 is 2.87. The first-order valence-electron chi connectivity index (χ1n) is 9.34. The van der Waals surface area contributed by atoms with Crippen LogP contribution in [0.1, 0.15) is 64.6 Å². The molecule has 1 aromatic heterocycles. The van der Waals surface area contributed by atoms with Crippen LogP contribution in [0.3, 0.4) is 0 Å². The normalized spacial score (nSPS) is 19.5. The molecule has 0 saturated heterocycles. The first kappa shape index (κ1) is 21.4. The van der Waals surface area contributed by atoms with Gasteiger partial charge in [0.2, 0.25) is 0 Å². The smallest absolute Gasteiger partial charge is 0.260 e. The number of carbonyl (C=O) groups excluding carboxylic acids is 2. The molecule has 1 aromatic carbocycles. The number of anilines is 1. The number of amidine groups is 1. The maximum atomic E-state index is 12.8. The Morgan fingerprint density at radius 2 is 1.86 bits per heavy atom. The molecule has 8 heteroatoms. The number of carbonyl (C=O) groups is 2. The number of nitrogens with one attached hydrogen (secondary N) is 1. The molecule has 1 aliphatic heterocycles. The molecule has 2 amide bonds. The van der Waals surface area contributed by atoms with Gasteiger partial charge in [-0.15, -0.1) is 11.3 Å². The average Bonchev–Trinajstić information content (AvgIpc) is 3.06. The molecule has 29 heavy (non-hydrogen) atoms. The summed E-state index contributed by atoms with van der Waals surface area (Å²) in [7, 11) is 0. The highest BCUT2D eigenvalue weighted by molar-refractivity contribution is 8.13. The van der Waals surface area contributed by atoms with Crippen LogP contribution >= 0.6 is 23.1 Å². The molecular formula is C21H26N4O2S2. The van der Waals surface area contributed by atoms with Crippen LogP contribution in [0.5, 0.6) is 0 Å². The first-order chi connectivity index (χ1) is 13.5. The average molecular weight is 431 g/mol. The third kappa shape index (κ3) is 4.64. The molecule has 154 valence electrons. The van der Waals surface area contributed by atoms with Gasteiger partial charge in [-0.3, -0.25) is 14.6 Å². The van der Waals surface area contributed by atoms with Gasteiger partial charge in [0, 0.05) is 16.2 Å². The highest BCUT2D eigenvalue weighted by atomic mass is 32.2. The molecule has 5 N–H and O–H groups in total. The van der Waals surface area contributed by atoms with Gasteiger partial charge in [0.1, 0.15) is 4.88 Å². The van der Waals surface area contributed by atoms with Crippen molar-refractivity contribution in [1.82, 2.24) is 0 Å². The fraction of sp³-hybridized carbons (Fsp3) is 0.381. The Labute approximate surface area is 179 Å². The van der Waals surface area contributed by atoms with Crippen molar-refractivity contribution in [3.05, 3.63) is 51.2 Å². The molecule has 1 atom stereocenters. The van der Waals surface area contributed by atoms with Crippen LogP contribution in [0.25, 0.3) is 0 Å². The van der Waals surface area contributed by atoms with Crippen molar-refractivity contribution in [3.63, 3.8) is 0 Å². The Kier molecular flexibility index (Phi) is 5.78. The minimum absolute atomic E-state index is 0.143. The second kappa shape index (κ2) is 7.84. The molecule has 0 fully saturated rings. The Morgan fingerprint density at radius 1 is 1.21 bits per heavy atom. The lowest BCUT2D eigenvalue weighted by Gasteiger charge is -2.29. The molecule has 2 heterocycles. The molecule has 0 radical (unpaired) electrons. The quantitative estimate of drug-likeness (QED) is 0.679. The zero-order chi connectivity index (χ0) is 21.4. The van der Waals surface area contributed by atoms with E-state index in [4.69, 9.17) is 11.5 Å². The van der Waals surface area contributed by atoms with Gasteiger partial charge in [-0.25, -0.2) is 0 Å². The van der Waals surface area contributed by atoms with E-state index in [2.05, 4.69) is 10.3 Å². The van der Waals surface area contributed by atoms with Crippen LogP contribution in [0.15, 0.2) is 35.3 Å². The van der Waals surface area contributed by atoms with E-state index < -0.39 is 5.91 Å². The molecule has 0 aliphatic carbocycles. The highest BCUT2D eigenvalue weighted by Gasteiger charge is 2.29. The van der Waals surface area contributed by atoms with E-state index in [1.807, 2.05) is 45.9 Å². The fourth-order valence-electron chi connectivity index (χ4n) is 3.11. The van der Waals surface area contributed by atoms with Crippen molar-refractivity contribution in [2.75, 3.05) is 11.1 Å². The minimum atomic E-state index is -0.547. The van der Waals surface area contributed by atoms with Crippen molar-refractivity contribution >= 4 is 45.8 Å². The van der Waals surface area contributed by atoms with Crippen LogP contribution in [0.2, 0.25) is 0 Å². The number of benzene rings is 1. The lowest BCUT2D eigenvalue weighted by molar-refractivity contribution is 0.100. The van der Waals surface area contributed by atoms with Gasteiger partial charge in [0.25, 0.3) is 11.8 Å². The monoisotopic (exact) mass is 430 g/mol. The van der Waals surface area contributed by atoms with Gasteiger partial charge in [0.05, 0.1) is 11.2 Å². The second-order valence-electron chi connectivity index (χ2n) is 8.32. The van der Waals surface area contributed by atoms with E-state index in [9.17, 15) is 9.59 Å². The van der Waals surface area contributed by atoms with Gasteiger partial charge in [-0.1, -0.05) is 44.7 Å². The van der Waals surface area contributed by atoms with Gasteiger partial charge in [-0.05, 0) is 42.5 Å². The Morgan fingerprint density at radius 3 is 2.41 bits per heavy atom. The molecule has 1 unspecified atom stereocenters. The Balaban J connectivity index is 1.83. The van der Waals surface area contributed by atoms with Crippen molar-refractivity contribution in [1.29, 1.82) is 0 Å². The summed E-state index contributed by atoms with van der Waals surface area (Å²) in [6.45, 7) is 8.20. The van der Waals surface area contributed by atoms with E-state index in [1.54, 1.807) is 23.9 Å². The predicted molar refractivity (Wildman–Crippen MR) is 122 cm³/mol.